The van der Waals surface area contributed by atoms with Crippen LogP contribution in [0.5, 0.6) is 0 Å². The Hall–Kier alpha value is -0.570. The number of fused-ring (bicyclic) bond motifs is 2. The zero-order valence-electron chi connectivity index (χ0n) is 5.75. The van der Waals surface area contributed by atoms with Crippen molar-refractivity contribution in [3.63, 3.8) is 0 Å². The van der Waals surface area contributed by atoms with Gasteiger partial charge in [0, 0.05) is 6.04 Å². The second-order valence-corrected chi connectivity index (χ2v) is 3.15. The van der Waals surface area contributed by atoms with Crippen LogP contribution in [0.1, 0.15) is 19.3 Å². The molecular weight excluding hydrogens is 130 g/mol. The molecule has 2 fully saturated rings. The van der Waals surface area contributed by atoms with Crippen LogP contribution in [0.25, 0.3) is 0 Å². The third kappa shape index (κ3) is 0.736. The lowest BCUT2D eigenvalue weighted by atomic mass is 9.87. The van der Waals surface area contributed by atoms with Crippen molar-refractivity contribution >= 4 is 5.97 Å². The van der Waals surface area contributed by atoms with Crippen molar-refractivity contribution in [2.75, 3.05) is 0 Å². The molecule has 2 rings (SSSR count). The van der Waals surface area contributed by atoms with E-state index in [1.807, 2.05) is 0 Å². The van der Waals surface area contributed by atoms with Gasteiger partial charge in [-0.1, -0.05) is 0 Å². The van der Waals surface area contributed by atoms with Crippen molar-refractivity contribution in [3.05, 3.63) is 0 Å². The van der Waals surface area contributed by atoms with Crippen molar-refractivity contribution in [2.45, 2.75) is 31.4 Å². The number of ether oxygens (including phenoxy) is 1. The summed E-state index contributed by atoms with van der Waals surface area (Å²) >= 11 is 0. The van der Waals surface area contributed by atoms with E-state index in [4.69, 9.17) is 10.5 Å². The van der Waals surface area contributed by atoms with Gasteiger partial charge in [0.1, 0.15) is 6.10 Å². The standard InChI is InChI=1S/C7H11NO2/c8-5-2-1-4-3-6(5)10-7(4)9/h4-6H,1-3,8H2/t4?,5-,6?/m1/s1. The molecule has 56 valence electrons. The largest absolute Gasteiger partial charge is 0.460 e. The minimum Gasteiger partial charge on any atom is -0.460 e. The molecule has 0 spiro atoms. The average Bonchev–Trinajstić information content (AvgIpc) is 2.21. The van der Waals surface area contributed by atoms with Crippen LogP contribution in [0.15, 0.2) is 0 Å². The Morgan fingerprint density at radius 2 is 2.30 bits per heavy atom. The van der Waals surface area contributed by atoms with E-state index in [0.717, 1.165) is 19.3 Å². The Bertz CT molecular complexity index is 169. The number of carbonyl (C=O) groups is 1. The third-order valence-electron chi connectivity index (χ3n) is 2.44. The zero-order valence-corrected chi connectivity index (χ0v) is 5.75. The first-order valence-corrected chi connectivity index (χ1v) is 3.73. The summed E-state index contributed by atoms with van der Waals surface area (Å²) in [5.41, 5.74) is 5.70. The van der Waals surface area contributed by atoms with Gasteiger partial charge >= 0.3 is 5.97 Å². The van der Waals surface area contributed by atoms with Crippen molar-refractivity contribution in [1.82, 2.24) is 0 Å². The lowest BCUT2D eigenvalue weighted by molar-refractivity contribution is -0.143. The van der Waals surface area contributed by atoms with E-state index < -0.39 is 0 Å². The highest BCUT2D eigenvalue weighted by Gasteiger charge is 2.41. The molecule has 1 heterocycles. The molecule has 0 aromatic rings. The molecule has 3 nitrogen and oxygen atoms in total. The maximum absolute atomic E-state index is 10.9. The molecular formula is C7H11NO2. The second-order valence-electron chi connectivity index (χ2n) is 3.15. The van der Waals surface area contributed by atoms with Crippen molar-refractivity contribution in [1.29, 1.82) is 0 Å². The summed E-state index contributed by atoms with van der Waals surface area (Å²) in [6.07, 6.45) is 2.77. The molecule has 0 aromatic heterocycles. The highest BCUT2D eigenvalue weighted by molar-refractivity contribution is 5.75. The summed E-state index contributed by atoms with van der Waals surface area (Å²) in [6, 6.07) is 0.0997. The lowest BCUT2D eigenvalue weighted by Gasteiger charge is -2.20. The van der Waals surface area contributed by atoms with Gasteiger partial charge in [-0.25, -0.2) is 0 Å². The maximum atomic E-state index is 10.9. The number of esters is 1. The molecule has 1 saturated heterocycles. The van der Waals surface area contributed by atoms with Crippen LogP contribution in [0, 0.1) is 5.92 Å². The number of hydrogen-bond acceptors (Lipinski definition) is 3. The first-order valence-electron chi connectivity index (χ1n) is 3.73. The van der Waals surface area contributed by atoms with Crippen LogP contribution in [-0.4, -0.2) is 18.1 Å². The van der Waals surface area contributed by atoms with Gasteiger partial charge in [0.05, 0.1) is 5.92 Å². The fourth-order valence-corrected chi connectivity index (χ4v) is 1.75. The third-order valence-corrected chi connectivity index (χ3v) is 2.44. The molecule has 0 radical (unpaired) electrons. The topological polar surface area (TPSA) is 52.3 Å². The van der Waals surface area contributed by atoms with E-state index in [0.29, 0.717) is 0 Å². The molecule has 3 heteroatoms. The fourth-order valence-electron chi connectivity index (χ4n) is 1.75. The zero-order chi connectivity index (χ0) is 7.14. The van der Waals surface area contributed by atoms with Gasteiger partial charge in [-0.2, -0.15) is 0 Å². The number of hydrogen-bond donors (Lipinski definition) is 1. The molecule has 3 atom stereocenters. The van der Waals surface area contributed by atoms with E-state index in [1.165, 1.54) is 0 Å². The summed E-state index contributed by atoms with van der Waals surface area (Å²) < 4.78 is 5.03. The van der Waals surface area contributed by atoms with Crippen molar-refractivity contribution < 1.29 is 9.53 Å². The minimum atomic E-state index is -0.0297. The van der Waals surface area contributed by atoms with E-state index >= 15 is 0 Å². The van der Waals surface area contributed by atoms with Crippen LogP contribution in [-0.2, 0) is 9.53 Å². The fraction of sp³-hybridized carbons (Fsp3) is 0.857. The van der Waals surface area contributed by atoms with Gasteiger partial charge in [-0.05, 0) is 19.3 Å². The van der Waals surface area contributed by atoms with Crippen LogP contribution >= 0.6 is 0 Å². The summed E-state index contributed by atoms with van der Waals surface area (Å²) in [6.45, 7) is 0. The van der Waals surface area contributed by atoms with Crippen LogP contribution < -0.4 is 5.73 Å². The quantitative estimate of drug-likeness (QED) is 0.484. The van der Waals surface area contributed by atoms with Gasteiger partial charge in [-0.15, -0.1) is 0 Å². The highest BCUT2D eigenvalue weighted by Crippen LogP contribution is 2.33. The SMILES string of the molecule is N[C@@H]1CCC2CC1OC2=O. The van der Waals surface area contributed by atoms with Crippen LogP contribution in [0.4, 0.5) is 0 Å². The van der Waals surface area contributed by atoms with Crippen molar-refractivity contribution in [3.8, 4) is 0 Å². The summed E-state index contributed by atoms with van der Waals surface area (Å²) in [5.74, 6) is 0.141. The minimum absolute atomic E-state index is 0.0297. The Morgan fingerprint density at radius 1 is 1.50 bits per heavy atom. The predicted molar refractivity (Wildman–Crippen MR) is 35.2 cm³/mol. The molecule has 10 heavy (non-hydrogen) atoms. The molecule has 1 aliphatic carbocycles. The Morgan fingerprint density at radius 3 is 3.00 bits per heavy atom. The monoisotopic (exact) mass is 141 g/mol. The van der Waals surface area contributed by atoms with Crippen LogP contribution in [0.3, 0.4) is 0 Å². The average molecular weight is 141 g/mol. The first-order chi connectivity index (χ1) is 4.77. The van der Waals surface area contributed by atoms with E-state index in [1.54, 1.807) is 0 Å². The molecule has 0 amide bonds. The summed E-state index contributed by atoms with van der Waals surface area (Å²) in [5, 5.41) is 0. The molecule has 2 bridgehead atoms. The predicted octanol–water partition coefficient (Wildman–Crippen LogP) is 0.0392. The van der Waals surface area contributed by atoms with E-state index in [2.05, 4.69) is 0 Å². The first kappa shape index (κ1) is 6.16. The van der Waals surface area contributed by atoms with Gasteiger partial charge in [0.15, 0.2) is 0 Å². The lowest BCUT2D eigenvalue weighted by Crippen LogP contribution is -2.36. The van der Waals surface area contributed by atoms with Crippen LogP contribution in [0.2, 0.25) is 0 Å². The molecule has 2 unspecified atom stereocenters. The normalized spacial score (nSPS) is 45.3. The number of nitrogens with two attached hydrogens (primary N) is 1. The van der Waals surface area contributed by atoms with Gasteiger partial charge < -0.3 is 10.5 Å². The Balaban J connectivity index is 2.15. The smallest absolute Gasteiger partial charge is 0.309 e. The summed E-state index contributed by atoms with van der Waals surface area (Å²) in [7, 11) is 0. The second kappa shape index (κ2) is 1.95. The molecule has 0 aromatic carbocycles. The van der Waals surface area contributed by atoms with Gasteiger partial charge in [0.2, 0.25) is 0 Å². The highest BCUT2D eigenvalue weighted by atomic mass is 16.6. The molecule has 2 aliphatic rings. The summed E-state index contributed by atoms with van der Waals surface area (Å²) in [4.78, 5) is 10.9. The Labute approximate surface area is 59.5 Å². The van der Waals surface area contributed by atoms with Gasteiger partial charge in [0.25, 0.3) is 0 Å². The molecule has 2 N–H and O–H groups in total. The van der Waals surface area contributed by atoms with E-state index in [9.17, 15) is 4.79 Å². The number of carbonyl (C=O) groups excluding carboxylic acids is 1. The van der Waals surface area contributed by atoms with Gasteiger partial charge in [-0.3, -0.25) is 4.79 Å². The molecule has 1 saturated carbocycles. The maximum Gasteiger partial charge on any atom is 0.309 e. The Kier molecular flexibility index (Phi) is 1.20. The van der Waals surface area contributed by atoms with Crippen molar-refractivity contribution in [2.24, 2.45) is 11.7 Å². The molecule has 1 aliphatic heterocycles. The number of rotatable bonds is 0. The van der Waals surface area contributed by atoms with E-state index in [-0.39, 0.29) is 24.0 Å².